The molecule has 0 bridgehead atoms. The maximum atomic E-state index is 13.0. The molecule has 1 aliphatic rings. The van der Waals surface area contributed by atoms with Crippen LogP contribution in [0.1, 0.15) is 13.8 Å². The summed E-state index contributed by atoms with van der Waals surface area (Å²) in [7, 11) is 0. The molecule has 3 aromatic rings. The van der Waals surface area contributed by atoms with E-state index in [0.29, 0.717) is 5.69 Å². The minimum absolute atomic E-state index is 0.110. The summed E-state index contributed by atoms with van der Waals surface area (Å²) in [4.78, 5) is 31.6. The van der Waals surface area contributed by atoms with Crippen LogP contribution < -0.4 is 10.2 Å². The molecule has 4 rings (SSSR count). The molecule has 1 aliphatic heterocycles. The van der Waals surface area contributed by atoms with Crippen LogP contribution >= 0.6 is 23.1 Å². The number of para-hydroxylation sites is 3. The Hall–Kier alpha value is -2.38. The minimum atomic E-state index is -0.945. The maximum absolute atomic E-state index is 13.0. The van der Waals surface area contributed by atoms with E-state index in [4.69, 9.17) is 0 Å². The first kappa shape index (κ1) is 17.1. The second kappa shape index (κ2) is 6.41. The fourth-order valence-corrected chi connectivity index (χ4v) is 4.92. The van der Waals surface area contributed by atoms with Gasteiger partial charge in [0.2, 0.25) is 11.8 Å². The second-order valence-electron chi connectivity index (χ2n) is 6.50. The number of fused-ring (bicyclic) bond motifs is 2. The van der Waals surface area contributed by atoms with Gasteiger partial charge in [-0.05, 0) is 38.1 Å². The fraction of sp³-hybridized carbons (Fsp3) is 0.211. The third kappa shape index (κ3) is 2.87. The molecule has 0 aliphatic carbocycles. The molecule has 2 aromatic carbocycles. The summed E-state index contributed by atoms with van der Waals surface area (Å²) in [5.74, 6) is -0.0682. The Labute approximate surface area is 159 Å². The third-order valence-corrected chi connectivity index (χ3v) is 6.51. The fourth-order valence-electron chi connectivity index (χ4n) is 3.00. The summed E-state index contributed by atoms with van der Waals surface area (Å²) < 4.78 is 1.96. The quantitative estimate of drug-likeness (QED) is 0.690. The van der Waals surface area contributed by atoms with Gasteiger partial charge >= 0.3 is 0 Å². The van der Waals surface area contributed by atoms with E-state index in [1.165, 1.54) is 11.8 Å². The lowest BCUT2D eigenvalue weighted by molar-refractivity contribution is -0.125. The van der Waals surface area contributed by atoms with Crippen molar-refractivity contribution in [3.63, 3.8) is 0 Å². The summed E-state index contributed by atoms with van der Waals surface area (Å²) >= 11 is 2.98. The van der Waals surface area contributed by atoms with Crippen molar-refractivity contribution in [1.29, 1.82) is 0 Å². The smallest absolute Gasteiger partial charge is 0.250 e. The van der Waals surface area contributed by atoms with Crippen LogP contribution in [0.15, 0.2) is 52.9 Å². The van der Waals surface area contributed by atoms with Gasteiger partial charge < -0.3 is 5.32 Å². The number of rotatable bonds is 3. The normalized spacial score (nSPS) is 15.6. The van der Waals surface area contributed by atoms with Crippen LogP contribution in [0.5, 0.6) is 0 Å². The van der Waals surface area contributed by atoms with Crippen molar-refractivity contribution in [2.75, 3.05) is 16.0 Å². The van der Waals surface area contributed by atoms with Crippen LogP contribution in [0.4, 0.5) is 11.4 Å². The largest absolute Gasteiger partial charge is 0.322 e. The summed E-state index contributed by atoms with van der Waals surface area (Å²) in [6, 6.07) is 15.3. The van der Waals surface area contributed by atoms with E-state index < -0.39 is 5.54 Å². The Morgan fingerprint density at radius 1 is 1.19 bits per heavy atom. The van der Waals surface area contributed by atoms with Crippen LogP contribution in [-0.2, 0) is 9.59 Å². The van der Waals surface area contributed by atoms with Gasteiger partial charge in [-0.3, -0.25) is 14.5 Å². The van der Waals surface area contributed by atoms with Crippen molar-refractivity contribution < 1.29 is 9.59 Å². The molecule has 0 saturated carbocycles. The van der Waals surface area contributed by atoms with E-state index in [1.807, 2.05) is 48.5 Å². The van der Waals surface area contributed by atoms with Crippen LogP contribution in [0, 0.1) is 0 Å². The van der Waals surface area contributed by atoms with Gasteiger partial charge in [0.05, 0.1) is 27.3 Å². The molecule has 2 heterocycles. The second-order valence-corrected chi connectivity index (χ2v) is 8.75. The summed E-state index contributed by atoms with van der Waals surface area (Å²) in [5, 5.41) is 2.88. The minimum Gasteiger partial charge on any atom is -0.322 e. The van der Waals surface area contributed by atoms with Crippen LogP contribution in [-0.4, -0.2) is 28.1 Å². The SMILES string of the molecule is CC1(C)C(=O)Nc2ccccc2N1C(=O)CSc1nc2ccccc2s1. The molecule has 0 spiro atoms. The molecule has 0 atom stereocenters. The number of anilines is 2. The number of nitrogens with one attached hydrogen (secondary N) is 1. The molecule has 0 saturated heterocycles. The van der Waals surface area contributed by atoms with Gasteiger partial charge in [0.25, 0.3) is 0 Å². The Morgan fingerprint density at radius 3 is 2.73 bits per heavy atom. The number of carbonyl (C=O) groups is 2. The summed E-state index contributed by atoms with van der Waals surface area (Å²) in [6.07, 6.45) is 0. The average molecular weight is 383 g/mol. The van der Waals surface area contributed by atoms with Crippen molar-refractivity contribution in [3.05, 3.63) is 48.5 Å². The molecule has 0 unspecified atom stereocenters. The lowest BCUT2D eigenvalue weighted by atomic mass is 9.96. The van der Waals surface area contributed by atoms with Gasteiger partial charge in [-0.15, -0.1) is 11.3 Å². The molecule has 0 radical (unpaired) electrons. The molecule has 132 valence electrons. The molecular formula is C19H17N3O2S2. The lowest BCUT2D eigenvalue weighted by Crippen LogP contribution is -2.58. The first-order chi connectivity index (χ1) is 12.5. The van der Waals surface area contributed by atoms with Crippen LogP contribution in [0.2, 0.25) is 0 Å². The third-order valence-electron chi connectivity index (χ3n) is 4.35. The maximum Gasteiger partial charge on any atom is 0.250 e. The van der Waals surface area contributed by atoms with E-state index >= 15 is 0 Å². The highest BCUT2D eigenvalue weighted by molar-refractivity contribution is 8.01. The number of nitrogens with zero attached hydrogens (tertiary/aromatic N) is 2. The van der Waals surface area contributed by atoms with Gasteiger partial charge in [-0.25, -0.2) is 4.98 Å². The lowest BCUT2D eigenvalue weighted by Gasteiger charge is -2.42. The molecule has 1 N–H and O–H groups in total. The van der Waals surface area contributed by atoms with Crippen molar-refractivity contribution in [3.8, 4) is 0 Å². The highest BCUT2D eigenvalue weighted by atomic mass is 32.2. The predicted octanol–water partition coefficient (Wildman–Crippen LogP) is 4.15. The zero-order valence-electron chi connectivity index (χ0n) is 14.4. The summed E-state index contributed by atoms with van der Waals surface area (Å²) in [6.45, 7) is 3.52. The number of hydrogen-bond donors (Lipinski definition) is 1. The topological polar surface area (TPSA) is 62.3 Å². The number of aromatic nitrogens is 1. The number of thiazole rings is 1. The van der Waals surface area contributed by atoms with Gasteiger partial charge in [-0.2, -0.15) is 0 Å². The van der Waals surface area contributed by atoms with E-state index in [-0.39, 0.29) is 17.6 Å². The molecule has 7 heteroatoms. The number of thioether (sulfide) groups is 1. The van der Waals surface area contributed by atoms with E-state index in [1.54, 1.807) is 30.1 Å². The van der Waals surface area contributed by atoms with Gasteiger partial charge in [0, 0.05) is 0 Å². The number of hydrogen-bond acceptors (Lipinski definition) is 5. The van der Waals surface area contributed by atoms with Crippen LogP contribution in [0.3, 0.4) is 0 Å². The highest BCUT2D eigenvalue weighted by Gasteiger charge is 2.43. The van der Waals surface area contributed by atoms with Crippen molar-refractivity contribution in [2.24, 2.45) is 0 Å². The molecule has 2 amide bonds. The number of amides is 2. The Morgan fingerprint density at radius 2 is 1.92 bits per heavy atom. The zero-order chi connectivity index (χ0) is 18.3. The van der Waals surface area contributed by atoms with Crippen LogP contribution in [0.25, 0.3) is 10.2 Å². The molecule has 1 aromatic heterocycles. The van der Waals surface area contributed by atoms with Gasteiger partial charge in [0.15, 0.2) is 4.34 Å². The van der Waals surface area contributed by atoms with E-state index in [9.17, 15) is 9.59 Å². The molecule has 0 fully saturated rings. The van der Waals surface area contributed by atoms with Gasteiger partial charge in [-0.1, -0.05) is 36.0 Å². The molecular weight excluding hydrogens is 366 g/mol. The Bertz CT molecular complexity index is 980. The van der Waals surface area contributed by atoms with Gasteiger partial charge in [0.1, 0.15) is 5.54 Å². The van der Waals surface area contributed by atoms with Crippen molar-refractivity contribution >= 4 is 56.5 Å². The monoisotopic (exact) mass is 383 g/mol. The standard InChI is InChI=1S/C19H17N3O2S2/c1-19(2)17(24)20-12-7-3-5-9-14(12)22(19)16(23)11-25-18-21-13-8-4-6-10-15(13)26-18/h3-10H,11H2,1-2H3,(H,20,24). The predicted molar refractivity (Wildman–Crippen MR) is 107 cm³/mol. The van der Waals surface area contributed by atoms with Crippen molar-refractivity contribution in [2.45, 2.75) is 23.7 Å². The summed E-state index contributed by atoms with van der Waals surface area (Å²) in [5.41, 5.74) is 1.39. The number of carbonyl (C=O) groups excluding carboxylic acids is 2. The Balaban J connectivity index is 1.59. The van der Waals surface area contributed by atoms with E-state index in [0.717, 1.165) is 20.2 Å². The molecule has 5 nitrogen and oxygen atoms in total. The van der Waals surface area contributed by atoms with E-state index in [2.05, 4.69) is 10.3 Å². The first-order valence-corrected chi connectivity index (χ1v) is 9.99. The first-order valence-electron chi connectivity index (χ1n) is 8.19. The highest BCUT2D eigenvalue weighted by Crippen LogP contribution is 2.38. The number of benzene rings is 2. The molecule has 26 heavy (non-hydrogen) atoms. The average Bonchev–Trinajstić information content (AvgIpc) is 3.03. The zero-order valence-corrected chi connectivity index (χ0v) is 16.0. The Kier molecular flexibility index (Phi) is 4.20. The van der Waals surface area contributed by atoms with Crippen molar-refractivity contribution in [1.82, 2.24) is 4.98 Å².